The van der Waals surface area contributed by atoms with E-state index >= 15 is 19.2 Å². The molecule has 0 radical (unpaired) electrons. The summed E-state index contributed by atoms with van der Waals surface area (Å²) in [7, 11) is 0. The number of carbonyl (C=O) groups excluding carboxylic acids is 4. The molecule has 0 aliphatic heterocycles. The van der Waals surface area contributed by atoms with Crippen LogP contribution < -0.4 is 0 Å². The second-order valence-corrected chi connectivity index (χ2v) is 52.8. The van der Waals surface area contributed by atoms with Crippen molar-refractivity contribution in [3.05, 3.63) is 0 Å². The van der Waals surface area contributed by atoms with Crippen molar-refractivity contribution in [3.8, 4) is 0 Å². The molecule has 0 saturated heterocycles. The van der Waals surface area contributed by atoms with E-state index in [9.17, 15) is 0 Å². The minimum atomic E-state index is -6.79. The second kappa shape index (κ2) is 84.6. The Balaban J connectivity index is 10.1. The monoisotopic (exact) mass is 2040 g/mol. The van der Waals surface area contributed by atoms with Crippen LogP contribution >= 0.6 is 0 Å². The summed E-state index contributed by atoms with van der Waals surface area (Å²) in [5, 5.41) is 0. The van der Waals surface area contributed by atoms with Gasteiger partial charge in [-0.25, -0.2) is 0 Å². The zero-order valence-electron chi connectivity index (χ0n) is 98.7. The maximum atomic E-state index is 16.7. The van der Waals surface area contributed by atoms with Gasteiger partial charge in [0.2, 0.25) is 0 Å². The van der Waals surface area contributed by atoms with Crippen LogP contribution in [0.3, 0.4) is 0 Å². The van der Waals surface area contributed by atoms with E-state index in [2.05, 4.69) is 194 Å². The Bertz CT molecular complexity index is 2210. The molecule has 0 bridgehead atoms. The Labute approximate surface area is 867 Å². The molecule has 0 aromatic heterocycles. The van der Waals surface area contributed by atoms with Crippen molar-refractivity contribution in [1.82, 2.24) is 0 Å². The minimum absolute atomic E-state index is 0.117. The van der Waals surface area contributed by atoms with Crippen LogP contribution in [0.15, 0.2) is 0 Å². The molecule has 0 amide bonds. The van der Waals surface area contributed by atoms with Gasteiger partial charge in [0.25, 0.3) is 0 Å². The summed E-state index contributed by atoms with van der Waals surface area (Å²) in [4.78, 5) is 67.0. The van der Waals surface area contributed by atoms with E-state index in [-0.39, 0.29) is 21.7 Å². The third-order valence-electron chi connectivity index (χ3n) is 36.4. The zero-order chi connectivity index (χ0) is 103. The van der Waals surface area contributed by atoms with Gasteiger partial charge >= 0.3 is 790 Å². The van der Waals surface area contributed by atoms with Crippen molar-refractivity contribution in [1.29, 1.82) is 0 Å². The summed E-state index contributed by atoms with van der Waals surface area (Å²) < 4.78 is 29.4. The molecule has 16 atom stereocenters. The Morgan fingerprint density at radius 3 is 0.358 bits per heavy atom. The fraction of sp³-hybridized carbons (Fsp3) is 0.969. The Morgan fingerprint density at radius 2 is 0.270 bits per heavy atom. The molecule has 0 N–H and O–H groups in total. The molecular weight excluding hydrogens is 1780 g/mol. The summed E-state index contributed by atoms with van der Waals surface area (Å²) in [6, 6.07) is 0. The smallest absolute Gasteiger partial charge is 0.0654 e. The van der Waals surface area contributed by atoms with Crippen molar-refractivity contribution in [2.24, 2.45) is 116 Å². The molecular formula is C128H252O8Sn. The number of hydrogen-bond acceptors (Lipinski definition) is 8. The van der Waals surface area contributed by atoms with E-state index in [1.165, 1.54) is 385 Å². The fourth-order valence-electron chi connectivity index (χ4n) is 26.7. The molecule has 9 heteroatoms. The van der Waals surface area contributed by atoms with Crippen molar-refractivity contribution in [3.63, 3.8) is 0 Å². The van der Waals surface area contributed by atoms with E-state index in [1.807, 2.05) is 0 Å². The van der Waals surface area contributed by atoms with Crippen LogP contribution in [0.5, 0.6) is 0 Å². The average molecular weight is 2040 g/mol. The van der Waals surface area contributed by atoms with Crippen molar-refractivity contribution < 1.29 is 31.5 Å². The summed E-state index contributed by atoms with van der Waals surface area (Å²) >= 11 is -6.79. The Kier molecular flexibility index (Phi) is 83.8. The summed E-state index contributed by atoms with van der Waals surface area (Å²) in [6.07, 6.45) is 85.8. The SMILES string of the molecule is CCCCC(CC)CC(CCCC(CC)C(=O)[O][Sn]([O]C(=O)C(CC)CCCC(CC(CC)CCCC)(CC(CC)CCCC)CC(CC)CCCC)([O]C(=O)C(CC)CCCC(CC(CC)CCCC)(CC(CC)CCCC)CC(CC)CCCC)[O]C(=O)C(CC)CCCC(CC(CC)CCCC)(CC(CC)CCCC)CC(CC)CCCC)(CC(CC)CCCC)CC(CC)CCCC. The van der Waals surface area contributed by atoms with E-state index in [4.69, 9.17) is 12.3 Å². The number of hydrogen-bond donors (Lipinski definition) is 0. The van der Waals surface area contributed by atoms with E-state index in [0.717, 1.165) is 51.4 Å². The first-order valence-electron chi connectivity index (χ1n) is 63.0. The second-order valence-electron chi connectivity index (χ2n) is 47.6. The fourth-order valence-corrected chi connectivity index (χ4v) is 32.1. The average Bonchev–Trinajstić information content (AvgIpc) is 0.800. The van der Waals surface area contributed by atoms with Crippen LogP contribution in [0.1, 0.15) is 682 Å². The van der Waals surface area contributed by atoms with E-state index in [1.54, 1.807) is 0 Å². The summed E-state index contributed by atoms with van der Waals surface area (Å²) in [5.41, 5.74) is 0.470. The number of unbranched alkanes of at least 4 members (excludes halogenated alkanes) is 12. The van der Waals surface area contributed by atoms with Gasteiger partial charge in [0.15, 0.2) is 0 Å². The topological polar surface area (TPSA) is 105 Å². The van der Waals surface area contributed by atoms with Crippen LogP contribution in [0.25, 0.3) is 0 Å². The van der Waals surface area contributed by atoms with Gasteiger partial charge in [-0.05, 0) is 0 Å². The molecule has 0 aromatic carbocycles. The third-order valence-corrected chi connectivity index (χ3v) is 41.6. The molecule has 816 valence electrons. The molecule has 0 fully saturated rings. The van der Waals surface area contributed by atoms with Gasteiger partial charge < -0.3 is 0 Å². The predicted octanol–water partition coefficient (Wildman–Crippen LogP) is 43.6. The Morgan fingerprint density at radius 1 is 0.161 bits per heavy atom. The molecule has 16 unspecified atom stereocenters. The van der Waals surface area contributed by atoms with Crippen LogP contribution in [-0.2, 0) is 31.5 Å². The van der Waals surface area contributed by atoms with Crippen LogP contribution in [0.4, 0.5) is 0 Å². The molecule has 0 aromatic rings. The van der Waals surface area contributed by atoms with Crippen molar-refractivity contribution in [2.45, 2.75) is 682 Å². The van der Waals surface area contributed by atoms with Gasteiger partial charge in [0.1, 0.15) is 0 Å². The molecule has 8 nitrogen and oxygen atoms in total. The van der Waals surface area contributed by atoms with Crippen LogP contribution in [0, 0.1) is 116 Å². The Hall–Kier alpha value is -1.32. The summed E-state index contributed by atoms with van der Waals surface area (Å²) in [5.74, 6) is 3.29. The van der Waals surface area contributed by atoms with Gasteiger partial charge in [0.05, 0.1) is 0 Å². The number of carbonyl (C=O) groups is 4. The zero-order valence-corrected chi connectivity index (χ0v) is 102. The van der Waals surface area contributed by atoms with Gasteiger partial charge in [0, 0.05) is 0 Å². The van der Waals surface area contributed by atoms with Gasteiger partial charge in [-0.3, -0.25) is 0 Å². The molecule has 0 aliphatic carbocycles. The summed E-state index contributed by atoms with van der Waals surface area (Å²) in [6.45, 7) is 66.2. The van der Waals surface area contributed by atoms with E-state index < -0.39 is 67.6 Å². The molecule has 0 spiro atoms. The van der Waals surface area contributed by atoms with Crippen LogP contribution in [-0.4, -0.2) is 43.9 Å². The minimum Gasteiger partial charge on any atom is -0.0654 e. The molecule has 0 aliphatic rings. The first-order chi connectivity index (χ1) is 66.1. The quantitative estimate of drug-likeness (QED) is 0.0555. The third kappa shape index (κ3) is 57.7. The van der Waals surface area contributed by atoms with E-state index in [0.29, 0.717) is 122 Å². The predicted molar refractivity (Wildman–Crippen MR) is 605 cm³/mol. The molecule has 0 rings (SSSR count). The molecule has 0 heterocycles. The molecule has 0 saturated carbocycles. The first-order valence-corrected chi connectivity index (χ1v) is 67.7. The normalized spacial score (nSPS) is 17.9. The van der Waals surface area contributed by atoms with Gasteiger partial charge in [-0.15, -0.1) is 0 Å². The first kappa shape index (κ1) is 136. The van der Waals surface area contributed by atoms with Crippen molar-refractivity contribution in [2.75, 3.05) is 0 Å². The standard InChI is InChI=1S/4C32H64O2.Sn/c4*1-8-15-19-27(11-4)24-32(25-28(12-5)20-16-9-2,26-29(13-6)21-17-10-3)23-18-22-30(14-7)31(33)34;/h4*27-30H,8-26H2,1-7H3,(H,33,34);/q;;;;+4/p-4. The van der Waals surface area contributed by atoms with Gasteiger partial charge in [-0.1, -0.05) is 83.1 Å². The van der Waals surface area contributed by atoms with Crippen molar-refractivity contribution >= 4 is 43.9 Å². The number of rotatable bonds is 100. The van der Waals surface area contributed by atoms with Crippen LogP contribution in [0.2, 0.25) is 0 Å². The maximum absolute atomic E-state index is 16.7. The van der Waals surface area contributed by atoms with Gasteiger partial charge in [-0.2, -0.15) is 0 Å². The molecule has 137 heavy (non-hydrogen) atoms.